The molecule has 0 saturated heterocycles. The summed E-state index contributed by atoms with van der Waals surface area (Å²) in [6, 6.07) is 2.87. The molecule has 0 bridgehead atoms. The maximum absolute atomic E-state index is 11.8. The molecule has 106 valence electrons. The Hall–Kier alpha value is -1.40. The first-order valence-corrected chi connectivity index (χ1v) is 7.48. The van der Waals surface area contributed by atoms with E-state index in [0.717, 1.165) is 0 Å². The molecule has 6 heteroatoms. The first kappa shape index (κ1) is 15.7. The summed E-state index contributed by atoms with van der Waals surface area (Å²) < 4.78 is 28.0. The van der Waals surface area contributed by atoms with Gasteiger partial charge in [-0.1, -0.05) is 13.8 Å². The zero-order valence-corrected chi connectivity index (χ0v) is 12.4. The number of hydrogen-bond donors (Lipinski definition) is 1. The van der Waals surface area contributed by atoms with Gasteiger partial charge in [-0.15, -0.1) is 0 Å². The van der Waals surface area contributed by atoms with Crippen molar-refractivity contribution in [1.29, 1.82) is 0 Å². The first-order valence-electron chi connectivity index (χ1n) is 5.94. The first-order chi connectivity index (χ1) is 8.62. The van der Waals surface area contributed by atoms with E-state index in [4.69, 9.17) is 9.88 Å². The average molecular weight is 285 g/mol. The standard InChI is InChI=1S/C13H19NO4S/c1-8(2)7-18-13(15)11-5-9(3)10(4)12(6-11)19(14,16)17/h5-6,8H,7H2,1-4H3,(H2,14,16,17). The van der Waals surface area contributed by atoms with Crippen molar-refractivity contribution in [3.8, 4) is 0 Å². The molecule has 5 nitrogen and oxygen atoms in total. The average Bonchev–Trinajstić information content (AvgIpc) is 2.27. The highest BCUT2D eigenvalue weighted by Gasteiger charge is 2.18. The Morgan fingerprint density at radius 2 is 1.89 bits per heavy atom. The van der Waals surface area contributed by atoms with Crippen LogP contribution in [0.15, 0.2) is 17.0 Å². The number of rotatable bonds is 4. The van der Waals surface area contributed by atoms with E-state index in [1.54, 1.807) is 19.9 Å². The van der Waals surface area contributed by atoms with Crippen LogP contribution in [0.25, 0.3) is 0 Å². The number of primary sulfonamides is 1. The van der Waals surface area contributed by atoms with Gasteiger partial charge in [-0.2, -0.15) is 0 Å². The summed E-state index contributed by atoms with van der Waals surface area (Å²) in [5, 5.41) is 5.14. The van der Waals surface area contributed by atoms with Crippen molar-refractivity contribution in [2.45, 2.75) is 32.6 Å². The minimum Gasteiger partial charge on any atom is -0.462 e. The summed E-state index contributed by atoms with van der Waals surface area (Å²) in [6.45, 7) is 7.50. The van der Waals surface area contributed by atoms with Crippen molar-refractivity contribution in [2.75, 3.05) is 6.61 Å². The van der Waals surface area contributed by atoms with E-state index in [1.165, 1.54) is 6.07 Å². The van der Waals surface area contributed by atoms with Crippen molar-refractivity contribution in [2.24, 2.45) is 11.1 Å². The quantitative estimate of drug-likeness (QED) is 0.854. The Morgan fingerprint density at radius 1 is 1.32 bits per heavy atom. The maximum Gasteiger partial charge on any atom is 0.338 e. The van der Waals surface area contributed by atoms with E-state index < -0.39 is 16.0 Å². The highest BCUT2D eigenvalue weighted by atomic mass is 32.2. The molecule has 0 spiro atoms. The largest absolute Gasteiger partial charge is 0.462 e. The lowest BCUT2D eigenvalue weighted by atomic mass is 10.1. The predicted octanol–water partition coefficient (Wildman–Crippen LogP) is 1.76. The van der Waals surface area contributed by atoms with Crippen LogP contribution in [0, 0.1) is 19.8 Å². The van der Waals surface area contributed by atoms with E-state index in [1.807, 2.05) is 13.8 Å². The fourth-order valence-corrected chi connectivity index (χ4v) is 2.45. The summed E-state index contributed by atoms with van der Waals surface area (Å²) in [5.74, 6) is -0.324. The molecule has 1 rings (SSSR count). The van der Waals surface area contributed by atoms with Crippen molar-refractivity contribution >= 4 is 16.0 Å². The van der Waals surface area contributed by atoms with Crippen molar-refractivity contribution in [3.05, 3.63) is 28.8 Å². The van der Waals surface area contributed by atoms with Crippen LogP contribution in [0.3, 0.4) is 0 Å². The van der Waals surface area contributed by atoms with Gasteiger partial charge >= 0.3 is 5.97 Å². The second kappa shape index (κ2) is 5.71. The number of carbonyl (C=O) groups excluding carboxylic acids is 1. The van der Waals surface area contributed by atoms with E-state index >= 15 is 0 Å². The number of carbonyl (C=O) groups is 1. The number of sulfonamides is 1. The van der Waals surface area contributed by atoms with Gasteiger partial charge in [-0.25, -0.2) is 18.4 Å². The predicted molar refractivity (Wildman–Crippen MR) is 72.4 cm³/mol. The molecule has 0 unspecified atom stereocenters. The maximum atomic E-state index is 11.8. The number of nitrogens with two attached hydrogens (primary N) is 1. The Bertz CT molecular complexity index is 591. The smallest absolute Gasteiger partial charge is 0.338 e. The Labute approximate surface area is 113 Å². The van der Waals surface area contributed by atoms with Gasteiger partial charge in [0.15, 0.2) is 0 Å². The molecular weight excluding hydrogens is 266 g/mol. The molecule has 0 fully saturated rings. The monoisotopic (exact) mass is 285 g/mol. The third-order valence-corrected chi connectivity index (χ3v) is 3.75. The summed E-state index contributed by atoms with van der Waals surface area (Å²) in [6.07, 6.45) is 0. The van der Waals surface area contributed by atoms with Crippen LogP contribution in [-0.4, -0.2) is 21.0 Å². The topological polar surface area (TPSA) is 86.5 Å². The molecule has 0 heterocycles. The Kier molecular flexibility index (Phi) is 4.70. The summed E-state index contributed by atoms with van der Waals surface area (Å²) >= 11 is 0. The van der Waals surface area contributed by atoms with Gasteiger partial charge in [0, 0.05) is 0 Å². The highest BCUT2D eigenvalue weighted by molar-refractivity contribution is 7.89. The molecule has 0 aromatic heterocycles. The second-order valence-electron chi connectivity index (χ2n) is 4.95. The van der Waals surface area contributed by atoms with Gasteiger partial charge < -0.3 is 4.74 Å². The van der Waals surface area contributed by atoms with Crippen LogP contribution in [0.1, 0.15) is 35.3 Å². The zero-order chi connectivity index (χ0) is 14.8. The van der Waals surface area contributed by atoms with Gasteiger partial charge in [0.1, 0.15) is 0 Å². The SMILES string of the molecule is Cc1cc(C(=O)OCC(C)C)cc(S(N)(=O)=O)c1C. The van der Waals surface area contributed by atoms with E-state index in [2.05, 4.69) is 0 Å². The molecule has 0 aliphatic rings. The molecule has 1 aromatic carbocycles. The molecule has 2 N–H and O–H groups in total. The third kappa shape index (κ3) is 4.04. The molecule has 0 amide bonds. The van der Waals surface area contributed by atoms with Crippen molar-refractivity contribution in [3.63, 3.8) is 0 Å². The van der Waals surface area contributed by atoms with Gasteiger partial charge in [-0.05, 0) is 43.0 Å². The number of aryl methyl sites for hydroxylation is 1. The highest BCUT2D eigenvalue weighted by Crippen LogP contribution is 2.20. The van der Waals surface area contributed by atoms with Crippen LogP contribution in [0.2, 0.25) is 0 Å². The van der Waals surface area contributed by atoms with E-state index in [-0.39, 0.29) is 23.0 Å². The van der Waals surface area contributed by atoms with Gasteiger partial charge in [0.05, 0.1) is 17.1 Å². The number of ether oxygens (including phenoxy) is 1. The normalized spacial score (nSPS) is 11.7. The van der Waals surface area contributed by atoms with E-state index in [9.17, 15) is 13.2 Å². The van der Waals surface area contributed by atoms with Crippen molar-refractivity contribution < 1.29 is 17.9 Å². The lowest BCUT2D eigenvalue weighted by Crippen LogP contribution is -2.17. The number of hydrogen-bond acceptors (Lipinski definition) is 4. The summed E-state index contributed by atoms with van der Waals surface area (Å²) in [5.41, 5.74) is 1.43. The summed E-state index contributed by atoms with van der Waals surface area (Å²) in [4.78, 5) is 11.8. The van der Waals surface area contributed by atoms with Crippen LogP contribution in [0.4, 0.5) is 0 Å². The van der Waals surface area contributed by atoms with Crippen LogP contribution >= 0.6 is 0 Å². The van der Waals surface area contributed by atoms with Gasteiger partial charge in [0.2, 0.25) is 10.0 Å². The third-order valence-electron chi connectivity index (χ3n) is 2.71. The molecule has 0 aliphatic carbocycles. The number of benzene rings is 1. The Morgan fingerprint density at radius 3 is 2.37 bits per heavy atom. The van der Waals surface area contributed by atoms with Crippen LogP contribution in [-0.2, 0) is 14.8 Å². The fraction of sp³-hybridized carbons (Fsp3) is 0.462. The van der Waals surface area contributed by atoms with Crippen molar-refractivity contribution in [1.82, 2.24) is 0 Å². The fourth-order valence-electron chi connectivity index (χ4n) is 1.57. The molecule has 0 aliphatic heterocycles. The molecule has 1 aromatic rings. The minimum absolute atomic E-state index is 0.0380. The summed E-state index contributed by atoms with van der Waals surface area (Å²) in [7, 11) is -3.85. The Balaban J connectivity index is 3.18. The van der Waals surface area contributed by atoms with Crippen LogP contribution in [0.5, 0.6) is 0 Å². The van der Waals surface area contributed by atoms with Crippen LogP contribution < -0.4 is 5.14 Å². The lowest BCUT2D eigenvalue weighted by Gasteiger charge is -2.11. The molecule has 19 heavy (non-hydrogen) atoms. The number of esters is 1. The van der Waals surface area contributed by atoms with Gasteiger partial charge in [-0.3, -0.25) is 0 Å². The molecule has 0 saturated carbocycles. The molecular formula is C13H19NO4S. The van der Waals surface area contributed by atoms with Gasteiger partial charge in [0.25, 0.3) is 0 Å². The second-order valence-corrected chi connectivity index (χ2v) is 6.48. The lowest BCUT2D eigenvalue weighted by molar-refractivity contribution is 0.0458. The zero-order valence-electron chi connectivity index (χ0n) is 11.6. The molecule has 0 atom stereocenters. The molecule has 0 radical (unpaired) electrons. The minimum atomic E-state index is -3.85. The van der Waals surface area contributed by atoms with E-state index in [0.29, 0.717) is 11.1 Å².